The van der Waals surface area contributed by atoms with Crippen molar-refractivity contribution >= 4 is 29.0 Å². The summed E-state index contributed by atoms with van der Waals surface area (Å²) in [5.74, 6) is -8.09. The molecule has 2 aromatic rings. The Morgan fingerprint density at radius 1 is 1.32 bits per heavy atom. The Morgan fingerprint density at radius 2 is 2.09 bits per heavy atom. The molecule has 2 aliphatic rings. The van der Waals surface area contributed by atoms with Crippen LogP contribution in [0.5, 0.6) is 5.75 Å². The zero-order chi connectivity index (χ0) is 24.7. The first-order valence-corrected chi connectivity index (χ1v) is 11.3. The van der Waals surface area contributed by atoms with Gasteiger partial charge >= 0.3 is 6.61 Å². The number of rotatable bonds is 6. The zero-order valence-corrected chi connectivity index (χ0v) is 18.5. The van der Waals surface area contributed by atoms with Crippen molar-refractivity contribution in [1.29, 1.82) is 0 Å². The van der Waals surface area contributed by atoms with Crippen LogP contribution in [0.25, 0.3) is 0 Å². The minimum Gasteiger partial charge on any atom is -0.429 e. The van der Waals surface area contributed by atoms with Crippen LogP contribution in [-0.2, 0) is 9.53 Å². The molecule has 2 unspecified atom stereocenters. The van der Waals surface area contributed by atoms with Gasteiger partial charge in [0.05, 0.1) is 16.3 Å². The number of ether oxygens (including phenoxy) is 2. The Labute approximate surface area is 194 Å². The number of hydrogen-bond acceptors (Lipinski definition) is 6. The second-order valence-corrected chi connectivity index (χ2v) is 8.84. The van der Waals surface area contributed by atoms with Crippen molar-refractivity contribution in [2.24, 2.45) is 0 Å². The van der Waals surface area contributed by atoms with Gasteiger partial charge in [-0.25, -0.2) is 18.2 Å². The van der Waals surface area contributed by atoms with E-state index in [2.05, 4.69) is 15.0 Å². The molecule has 34 heavy (non-hydrogen) atoms. The average molecular weight is 507 g/mol. The summed E-state index contributed by atoms with van der Waals surface area (Å²) < 4.78 is 91.7. The minimum absolute atomic E-state index is 0.234. The number of alkyl halides is 4. The highest BCUT2D eigenvalue weighted by Gasteiger charge is 2.58. The fraction of sp³-hybridized carbons (Fsp3) is 0.429. The smallest absolute Gasteiger partial charge is 0.387 e. The molecule has 3 heterocycles. The number of hydrogen-bond donors (Lipinski definition) is 1. The highest BCUT2D eigenvalue weighted by atomic mass is 32.2. The second-order valence-electron chi connectivity index (χ2n) is 8.02. The summed E-state index contributed by atoms with van der Waals surface area (Å²) in [4.78, 5) is 18.4. The minimum atomic E-state index is -3.49. The predicted octanol–water partition coefficient (Wildman–Crippen LogP) is 4.69. The maximum absolute atomic E-state index is 14.4. The van der Waals surface area contributed by atoms with Gasteiger partial charge in [0.25, 0.3) is 5.92 Å². The SMILES string of the molecule is CSc1cc(NC(=O)C2CC3(CN2c2ccc(F)c(F)c2OC(F)F)CC(F)(F)CO3)ccn1. The zero-order valence-electron chi connectivity index (χ0n) is 17.7. The van der Waals surface area contributed by atoms with E-state index in [-0.39, 0.29) is 18.7 Å². The summed E-state index contributed by atoms with van der Waals surface area (Å²) in [5.41, 5.74) is -1.52. The molecule has 1 spiro atoms. The highest BCUT2D eigenvalue weighted by molar-refractivity contribution is 7.98. The summed E-state index contributed by atoms with van der Waals surface area (Å²) in [6.07, 6.45) is 2.28. The molecule has 1 aromatic heterocycles. The molecule has 1 aromatic carbocycles. The van der Waals surface area contributed by atoms with Crippen LogP contribution < -0.4 is 15.0 Å². The molecule has 1 N–H and O–H groups in total. The third-order valence-corrected chi connectivity index (χ3v) is 6.27. The predicted molar refractivity (Wildman–Crippen MR) is 112 cm³/mol. The molecule has 0 aliphatic carbocycles. The number of aromatic nitrogens is 1. The molecule has 2 fully saturated rings. The van der Waals surface area contributed by atoms with Gasteiger partial charge in [0.15, 0.2) is 11.6 Å². The molecule has 2 saturated heterocycles. The summed E-state index contributed by atoms with van der Waals surface area (Å²) in [6.45, 7) is -4.72. The molecule has 6 nitrogen and oxygen atoms in total. The Bertz CT molecular complexity index is 1090. The van der Waals surface area contributed by atoms with Crippen molar-refractivity contribution in [3.05, 3.63) is 42.1 Å². The number of nitrogens with one attached hydrogen (secondary N) is 1. The van der Waals surface area contributed by atoms with Gasteiger partial charge in [-0.2, -0.15) is 13.2 Å². The van der Waals surface area contributed by atoms with Crippen LogP contribution in [0.15, 0.2) is 35.5 Å². The fourth-order valence-corrected chi connectivity index (χ4v) is 4.68. The average Bonchev–Trinajstić information content (AvgIpc) is 3.29. The van der Waals surface area contributed by atoms with Gasteiger partial charge in [-0.05, 0) is 30.5 Å². The van der Waals surface area contributed by atoms with Crippen molar-refractivity contribution in [3.63, 3.8) is 0 Å². The lowest BCUT2D eigenvalue weighted by Gasteiger charge is -2.28. The molecule has 13 heteroatoms. The van der Waals surface area contributed by atoms with Gasteiger partial charge in [0, 0.05) is 31.3 Å². The normalized spacial score (nSPS) is 23.6. The number of carbonyl (C=O) groups is 1. The van der Waals surface area contributed by atoms with E-state index in [1.165, 1.54) is 24.0 Å². The van der Waals surface area contributed by atoms with Gasteiger partial charge < -0.3 is 19.7 Å². The van der Waals surface area contributed by atoms with Gasteiger partial charge in [-0.3, -0.25) is 4.79 Å². The van der Waals surface area contributed by atoms with Crippen molar-refractivity contribution in [2.45, 2.75) is 42.0 Å². The van der Waals surface area contributed by atoms with E-state index in [1.54, 1.807) is 12.3 Å². The lowest BCUT2D eigenvalue weighted by atomic mass is 9.95. The van der Waals surface area contributed by atoms with Gasteiger partial charge in [-0.15, -0.1) is 11.8 Å². The molecule has 4 rings (SSSR count). The molecule has 1 amide bonds. The number of halogens is 6. The largest absolute Gasteiger partial charge is 0.429 e. The van der Waals surface area contributed by atoms with Gasteiger partial charge in [0.2, 0.25) is 11.7 Å². The fourth-order valence-electron chi connectivity index (χ4n) is 4.27. The van der Waals surface area contributed by atoms with Crippen LogP contribution in [0.1, 0.15) is 12.8 Å². The number of carbonyl (C=O) groups excluding carboxylic acids is 1. The summed E-state index contributed by atoms with van der Waals surface area (Å²) >= 11 is 1.32. The molecule has 2 aliphatic heterocycles. The van der Waals surface area contributed by atoms with E-state index >= 15 is 0 Å². The molecule has 184 valence electrons. The van der Waals surface area contributed by atoms with Crippen LogP contribution in [0.2, 0.25) is 0 Å². The Balaban J connectivity index is 1.71. The van der Waals surface area contributed by atoms with Crippen LogP contribution in [0.4, 0.5) is 37.7 Å². The highest BCUT2D eigenvalue weighted by Crippen LogP contribution is 2.48. The third kappa shape index (κ3) is 4.90. The number of anilines is 2. The maximum atomic E-state index is 14.4. The van der Waals surface area contributed by atoms with Crippen molar-refractivity contribution in [1.82, 2.24) is 4.98 Å². The Kier molecular flexibility index (Phi) is 6.60. The van der Waals surface area contributed by atoms with Crippen LogP contribution in [0.3, 0.4) is 0 Å². The topological polar surface area (TPSA) is 63.7 Å². The number of nitrogens with zero attached hydrogens (tertiary/aromatic N) is 2. The van der Waals surface area contributed by atoms with E-state index in [0.717, 1.165) is 11.0 Å². The van der Waals surface area contributed by atoms with Crippen LogP contribution >= 0.6 is 11.8 Å². The number of amides is 1. The number of pyridine rings is 1. The number of benzene rings is 1. The van der Waals surface area contributed by atoms with Gasteiger partial charge in [-0.1, -0.05) is 0 Å². The van der Waals surface area contributed by atoms with Crippen molar-refractivity contribution < 1.29 is 40.6 Å². The molecule has 0 bridgehead atoms. The lowest BCUT2D eigenvalue weighted by Crippen LogP contribution is -2.40. The molecule has 0 radical (unpaired) electrons. The van der Waals surface area contributed by atoms with E-state index in [0.29, 0.717) is 16.8 Å². The van der Waals surface area contributed by atoms with E-state index in [1.807, 2.05) is 0 Å². The van der Waals surface area contributed by atoms with Crippen molar-refractivity contribution in [2.75, 3.05) is 29.6 Å². The van der Waals surface area contributed by atoms with E-state index in [9.17, 15) is 31.1 Å². The lowest BCUT2D eigenvalue weighted by molar-refractivity contribution is -0.117. The standard InChI is InChI=1S/C21H19F6N3O3S/c1-34-15-6-11(4-5-28-15)29-18(31)14-7-20(8-21(26,27)10-32-20)9-30(14)13-3-2-12(22)16(23)17(13)33-19(24)25/h2-6,14,19H,7-10H2,1H3,(H,28,29,31). The van der Waals surface area contributed by atoms with Crippen molar-refractivity contribution in [3.8, 4) is 5.75 Å². The van der Waals surface area contributed by atoms with E-state index in [4.69, 9.17) is 4.74 Å². The Morgan fingerprint density at radius 3 is 2.74 bits per heavy atom. The summed E-state index contributed by atoms with van der Waals surface area (Å²) in [5, 5.41) is 3.24. The molecule has 0 saturated carbocycles. The quantitative estimate of drug-likeness (QED) is 0.452. The first-order valence-electron chi connectivity index (χ1n) is 10.0. The first kappa shape index (κ1) is 24.5. The van der Waals surface area contributed by atoms with Gasteiger partial charge in [0.1, 0.15) is 12.6 Å². The molecular weight excluding hydrogens is 488 g/mol. The van der Waals surface area contributed by atoms with Crippen LogP contribution in [-0.4, -0.2) is 54.5 Å². The Hall–Kier alpha value is -2.67. The molecular formula is C21H19F6N3O3S. The monoisotopic (exact) mass is 507 g/mol. The number of thioether (sulfide) groups is 1. The second kappa shape index (κ2) is 9.17. The first-order chi connectivity index (χ1) is 16.0. The summed E-state index contributed by atoms with van der Waals surface area (Å²) in [7, 11) is 0. The maximum Gasteiger partial charge on any atom is 0.387 e. The van der Waals surface area contributed by atoms with Crippen LogP contribution in [0, 0.1) is 11.6 Å². The van der Waals surface area contributed by atoms with E-state index < -0.39 is 60.5 Å². The third-order valence-electron chi connectivity index (χ3n) is 5.63. The summed E-state index contributed by atoms with van der Waals surface area (Å²) in [6, 6.07) is 3.50. The molecule has 2 atom stereocenters.